The van der Waals surface area contributed by atoms with Gasteiger partial charge in [0.25, 0.3) is 0 Å². The van der Waals surface area contributed by atoms with Gasteiger partial charge in [0.1, 0.15) is 0 Å². The largest absolute Gasteiger partial charge is 0.256 e. The van der Waals surface area contributed by atoms with E-state index in [1.165, 1.54) is 57.4 Å². The summed E-state index contributed by atoms with van der Waals surface area (Å²) in [7, 11) is 0. The predicted molar refractivity (Wildman–Crippen MR) is 147 cm³/mol. The van der Waals surface area contributed by atoms with Crippen LogP contribution >= 0.6 is 22.7 Å². The lowest BCUT2D eigenvalue weighted by molar-refractivity contribution is 0.596. The van der Waals surface area contributed by atoms with Gasteiger partial charge in [0, 0.05) is 47.3 Å². The third-order valence-corrected chi connectivity index (χ3v) is 8.49. The van der Waals surface area contributed by atoms with Crippen LogP contribution in [0.15, 0.2) is 79.0 Å². The van der Waals surface area contributed by atoms with Crippen molar-refractivity contribution in [3.8, 4) is 21.7 Å². The molecule has 1 nitrogen and oxygen atoms in total. The van der Waals surface area contributed by atoms with Gasteiger partial charge in [-0.1, -0.05) is 57.2 Å². The van der Waals surface area contributed by atoms with E-state index in [0.717, 1.165) is 5.69 Å². The zero-order valence-electron chi connectivity index (χ0n) is 19.3. The molecule has 3 aromatic carbocycles. The molecule has 3 heteroatoms. The number of nitrogens with zero attached hydrogens (tertiary/aromatic N) is 1. The molecule has 3 heterocycles. The van der Waals surface area contributed by atoms with Crippen molar-refractivity contribution in [3.05, 3.63) is 89.4 Å². The topological polar surface area (TPSA) is 12.9 Å². The van der Waals surface area contributed by atoms with Gasteiger partial charge < -0.3 is 0 Å². The van der Waals surface area contributed by atoms with Gasteiger partial charge in [0.15, 0.2) is 0 Å². The molecular weight excluding hydrogens is 438 g/mol. The molecule has 6 rings (SSSR count). The maximum atomic E-state index is 4.89. The van der Waals surface area contributed by atoms with Gasteiger partial charge >= 0.3 is 0 Å². The molecule has 0 N–H and O–H groups in total. The van der Waals surface area contributed by atoms with E-state index in [0.29, 0.717) is 0 Å². The summed E-state index contributed by atoms with van der Waals surface area (Å²) < 4.78 is 2.63. The molecule has 0 atom stereocenters. The molecule has 0 saturated heterocycles. The molecule has 0 unspecified atom stereocenters. The zero-order chi connectivity index (χ0) is 22.7. The van der Waals surface area contributed by atoms with Crippen LogP contribution in [0.3, 0.4) is 0 Å². The lowest BCUT2D eigenvalue weighted by atomic mass is 9.82. The van der Waals surface area contributed by atoms with E-state index in [1.54, 1.807) is 0 Å². The molecular formula is C30H25NS2. The number of benzene rings is 3. The Morgan fingerprint density at radius 1 is 0.727 bits per heavy atom. The number of rotatable bonds is 2. The van der Waals surface area contributed by atoms with Crippen molar-refractivity contribution < 1.29 is 0 Å². The van der Waals surface area contributed by atoms with Crippen LogP contribution in [-0.4, -0.2) is 4.98 Å². The molecule has 0 aliphatic carbocycles. The van der Waals surface area contributed by atoms with E-state index in [9.17, 15) is 0 Å². The summed E-state index contributed by atoms with van der Waals surface area (Å²) in [5.41, 5.74) is 5.00. The minimum absolute atomic E-state index is 0.0514. The molecule has 0 aliphatic heterocycles. The van der Waals surface area contributed by atoms with Crippen LogP contribution in [0, 0.1) is 6.92 Å². The highest BCUT2D eigenvalue weighted by molar-refractivity contribution is 7.22. The Bertz CT molecular complexity index is 1660. The number of hydrogen-bond donors (Lipinski definition) is 0. The summed E-state index contributed by atoms with van der Waals surface area (Å²) in [5, 5.41) is 5.18. The highest BCUT2D eigenvalue weighted by Gasteiger charge is 2.20. The molecule has 0 radical (unpaired) electrons. The monoisotopic (exact) mass is 463 g/mol. The number of aromatic nitrogens is 1. The molecule has 3 aromatic heterocycles. The van der Waals surface area contributed by atoms with E-state index < -0.39 is 0 Å². The molecule has 0 bridgehead atoms. The first-order valence-electron chi connectivity index (χ1n) is 11.3. The molecule has 0 amide bonds. The first-order chi connectivity index (χ1) is 15.9. The number of thiophene rings is 2. The van der Waals surface area contributed by atoms with Crippen molar-refractivity contribution in [3.63, 3.8) is 0 Å². The molecule has 6 aromatic rings. The molecule has 33 heavy (non-hydrogen) atoms. The average Bonchev–Trinajstić information content (AvgIpc) is 3.39. The number of aryl methyl sites for hydroxylation is 1. The molecule has 0 fully saturated rings. The lowest BCUT2D eigenvalue weighted by Gasteiger charge is -2.22. The van der Waals surface area contributed by atoms with Gasteiger partial charge in [-0.3, -0.25) is 4.98 Å². The Morgan fingerprint density at radius 2 is 1.55 bits per heavy atom. The quantitative estimate of drug-likeness (QED) is 0.249. The second-order valence-electron chi connectivity index (χ2n) is 9.75. The first kappa shape index (κ1) is 20.6. The maximum Gasteiger partial charge on any atom is 0.0789 e. The second-order valence-corrected chi connectivity index (χ2v) is 12.1. The summed E-state index contributed by atoms with van der Waals surface area (Å²) in [6.07, 6.45) is 1.96. The van der Waals surface area contributed by atoms with Gasteiger partial charge in [-0.2, -0.15) is 0 Å². The smallest absolute Gasteiger partial charge is 0.0789 e. The van der Waals surface area contributed by atoms with Crippen LogP contribution in [0.1, 0.15) is 31.2 Å². The van der Waals surface area contributed by atoms with Gasteiger partial charge in [-0.25, -0.2) is 0 Å². The molecule has 0 spiro atoms. The van der Waals surface area contributed by atoms with Crippen LogP contribution in [0.2, 0.25) is 0 Å². The lowest BCUT2D eigenvalue weighted by Crippen LogP contribution is -2.12. The van der Waals surface area contributed by atoms with Crippen molar-refractivity contribution in [2.75, 3.05) is 0 Å². The minimum Gasteiger partial charge on any atom is -0.256 e. The van der Waals surface area contributed by atoms with Crippen molar-refractivity contribution in [2.45, 2.75) is 33.1 Å². The van der Waals surface area contributed by atoms with E-state index in [-0.39, 0.29) is 5.41 Å². The summed E-state index contributed by atoms with van der Waals surface area (Å²) in [4.78, 5) is 7.55. The van der Waals surface area contributed by atoms with Crippen molar-refractivity contribution >= 4 is 53.6 Å². The third kappa shape index (κ3) is 3.47. The van der Waals surface area contributed by atoms with E-state index in [4.69, 9.17) is 4.98 Å². The SMILES string of the molecule is Cc1cc2c(-c3cc4c(-c5cc(C(C)(C)C)c6ccccc6c5)nccc4s3)cccc2s1. The van der Waals surface area contributed by atoms with Gasteiger partial charge in [0.2, 0.25) is 0 Å². The van der Waals surface area contributed by atoms with Crippen LogP contribution in [0.5, 0.6) is 0 Å². The molecule has 0 saturated carbocycles. The first-order valence-corrected chi connectivity index (χ1v) is 12.9. The third-order valence-electron chi connectivity index (χ3n) is 6.34. The second kappa shape index (κ2) is 7.51. The highest BCUT2D eigenvalue weighted by atomic mass is 32.1. The van der Waals surface area contributed by atoms with Crippen LogP contribution < -0.4 is 0 Å². The van der Waals surface area contributed by atoms with E-state index >= 15 is 0 Å². The number of hydrogen-bond acceptors (Lipinski definition) is 3. The fourth-order valence-electron chi connectivity index (χ4n) is 4.80. The summed E-state index contributed by atoms with van der Waals surface area (Å²) in [5.74, 6) is 0. The zero-order valence-corrected chi connectivity index (χ0v) is 20.9. The molecule has 162 valence electrons. The van der Waals surface area contributed by atoms with Gasteiger partial charge in [-0.05, 0) is 65.1 Å². The molecule has 0 aliphatic rings. The van der Waals surface area contributed by atoms with Crippen LogP contribution in [-0.2, 0) is 5.41 Å². The predicted octanol–water partition coefficient (Wildman–Crippen LogP) is 9.60. The minimum atomic E-state index is 0.0514. The highest BCUT2D eigenvalue weighted by Crippen LogP contribution is 2.42. The maximum absolute atomic E-state index is 4.89. The number of fused-ring (bicyclic) bond motifs is 3. The Balaban J connectivity index is 1.59. The van der Waals surface area contributed by atoms with Crippen molar-refractivity contribution in [1.82, 2.24) is 4.98 Å². The Labute approximate surface area is 202 Å². The number of pyridine rings is 1. The van der Waals surface area contributed by atoms with E-state index in [1.807, 2.05) is 28.9 Å². The van der Waals surface area contributed by atoms with Crippen LogP contribution in [0.4, 0.5) is 0 Å². The normalized spacial score (nSPS) is 12.2. The van der Waals surface area contributed by atoms with Crippen LogP contribution in [0.25, 0.3) is 52.6 Å². The van der Waals surface area contributed by atoms with Gasteiger partial charge in [-0.15, -0.1) is 22.7 Å². The Morgan fingerprint density at radius 3 is 2.39 bits per heavy atom. The van der Waals surface area contributed by atoms with E-state index in [2.05, 4.69) is 100 Å². The Hall–Kier alpha value is -3.01. The van der Waals surface area contributed by atoms with Crippen molar-refractivity contribution in [2.24, 2.45) is 0 Å². The van der Waals surface area contributed by atoms with Crippen molar-refractivity contribution in [1.29, 1.82) is 0 Å². The standard InChI is InChI=1S/C30H25NS2/c1-18-14-23-22(10-7-11-26(23)32-18)28-17-24-27(33-28)12-13-31-29(24)20-15-19-8-5-6-9-21(19)25(16-20)30(2,3)4/h5-17H,1-4H3. The fourth-order valence-corrected chi connectivity index (χ4v) is 6.84. The summed E-state index contributed by atoms with van der Waals surface area (Å²) in [6.45, 7) is 9.06. The fraction of sp³-hybridized carbons (Fsp3) is 0.167. The Kier molecular flexibility index (Phi) is 4.69. The summed E-state index contributed by atoms with van der Waals surface area (Å²) in [6, 6.07) is 26.8. The summed E-state index contributed by atoms with van der Waals surface area (Å²) >= 11 is 3.73. The average molecular weight is 464 g/mol. The van der Waals surface area contributed by atoms with Gasteiger partial charge in [0.05, 0.1) is 5.69 Å².